The van der Waals surface area contributed by atoms with Gasteiger partial charge in [-0.15, -0.1) is 0 Å². The zero-order valence-electron chi connectivity index (χ0n) is 17.8. The van der Waals surface area contributed by atoms with E-state index in [-0.39, 0.29) is 37.4 Å². The molecule has 0 aromatic heterocycles. The van der Waals surface area contributed by atoms with Crippen molar-refractivity contribution in [2.24, 2.45) is 5.92 Å². The minimum atomic E-state index is -1.08. The fourth-order valence-corrected chi connectivity index (χ4v) is 2.96. The summed E-state index contributed by atoms with van der Waals surface area (Å²) in [5.41, 5.74) is -0.370. The lowest BCUT2D eigenvalue weighted by Gasteiger charge is -2.39. The van der Waals surface area contributed by atoms with Crippen LogP contribution in [0.3, 0.4) is 0 Å². The predicted molar refractivity (Wildman–Crippen MR) is 103 cm³/mol. The van der Waals surface area contributed by atoms with Crippen molar-refractivity contribution in [2.75, 3.05) is 32.9 Å². The third-order valence-corrected chi connectivity index (χ3v) is 4.24. The Kier molecular flexibility index (Phi) is 8.36. The molecule has 1 heterocycles. The first-order valence-electron chi connectivity index (χ1n) is 9.91. The number of amides is 1. The maximum Gasteiger partial charge on any atom is 0.410 e. The summed E-state index contributed by atoms with van der Waals surface area (Å²) in [6.45, 7) is 11.0. The van der Waals surface area contributed by atoms with Crippen molar-refractivity contribution in [2.45, 2.75) is 53.1 Å². The van der Waals surface area contributed by atoms with Crippen molar-refractivity contribution in [3.05, 3.63) is 34.9 Å². The molecule has 0 radical (unpaired) electrons. The topological polar surface area (TPSA) is 57.2 Å². The monoisotopic (exact) mass is 415 g/mol. The van der Waals surface area contributed by atoms with Crippen molar-refractivity contribution in [3.63, 3.8) is 0 Å². The second-order valence-corrected chi connectivity index (χ2v) is 7.98. The van der Waals surface area contributed by atoms with Crippen LogP contribution in [0.15, 0.2) is 12.1 Å². The van der Waals surface area contributed by atoms with Gasteiger partial charge in [-0.25, -0.2) is 13.6 Å². The zero-order chi connectivity index (χ0) is 21.6. The van der Waals surface area contributed by atoms with Gasteiger partial charge < -0.3 is 23.8 Å². The van der Waals surface area contributed by atoms with Crippen molar-refractivity contribution in [1.82, 2.24) is 4.90 Å². The van der Waals surface area contributed by atoms with Gasteiger partial charge in [-0.3, -0.25) is 0 Å². The van der Waals surface area contributed by atoms with Crippen LogP contribution in [0.4, 0.5) is 13.6 Å². The summed E-state index contributed by atoms with van der Waals surface area (Å²) in [5, 5.41) is 0. The highest BCUT2D eigenvalue weighted by Crippen LogP contribution is 2.27. The van der Waals surface area contributed by atoms with Crippen LogP contribution in [0.5, 0.6) is 0 Å². The SMILES string of the molecule is CCOC(OCC)c1c(F)cc(COCC2CN(C(=O)OC(C)(C)C)C2)cc1F. The Morgan fingerprint density at radius 1 is 1.14 bits per heavy atom. The Labute approximate surface area is 171 Å². The molecule has 1 saturated heterocycles. The first-order chi connectivity index (χ1) is 13.6. The molecule has 6 nitrogen and oxygen atoms in total. The number of carbonyl (C=O) groups is 1. The van der Waals surface area contributed by atoms with Gasteiger partial charge in [-0.1, -0.05) is 0 Å². The molecular weight excluding hydrogens is 384 g/mol. The van der Waals surface area contributed by atoms with Crippen LogP contribution in [0.25, 0.3) is 0 Å². The molecule has 0 aliphatic carbocycles. The molecule has 29 heavy (non-hydrogen) atoms. The van der Waals surface area contributed by atoms with Crippen LogP contribution in [0.2, 0.25) is 0 Å². The van der Waals surface area contributed by atoms with Crippen LogP contribution in [-0.2, 0) is 25.6 Å². The predicted octanol–water partition coefficient (Wildman–Crippen LogP) is 4.42. The first-order valence-corrected chi connectivity index (χ1v) is 9.91. The molecule has 164 valence electrons. The van der Waals surface area contributed by atoms with Gasteiger partial charge in [0.05, 0.1) is 18.8 Å². The molecule has 0 atom stereocenters. The fraction of sp³-hybridized carbons (Fsp3) is 0.667. The molecule has 1 aliphatic heterocycles. The Balaban J connectivity index is 1.83. The maximum atomic E-state index is 14.4. The van der Waals surface area contributed by atoms with Gasteiger partial charge >= 0.3 is 6.09 Å². The molecule has 0 spiro atoms. The average Bonchev–Trinajstić information content (AvgIpc) is 2.55. The summed E-state index contributed by atoms with van der Waals surface area (Å²) in [6, 6.07) is 2.47. The van der Waals surface area contributed by atoms with E-state index in [4.69, 9.17) is 18.9 Å². The molecule has 1 aromatic rings. The lowest BCUT2D eigenvalue weighted by molar-refractivity contribution is -0.143. The fourth-order valence-electron chi connectivity index (χ4n) is 2.96. The Bertz CT molecular complexity index is 657. The summed E-state index contributed by atoms with van der Waals surface area (Å²) in [5.74, 6) is -1.28. The second-order valence-electron chi connectivity index (χ2n) is 7.98. The number of carbonyl (C=O) groups excluding carboxylic acids is 1. The number of halogens is 2. The van der Waals surface area contributed by atoms with Crippen LogP contribution >= 0.6 is 0 Å². The van der Waals surface area contributed by atoms with E-state index in [0.29, 0.717) is 25.3 Å². The number of benzene rings is 1. The largest absolute Gasteiger partial charge is 0.444 e. The number of ether oxygens (including phenoxy) is 4. The lowest BCUT2D eigenvalue weighted by Crippen LogP contribution is -2.53. The van der Waals surface area contributed by atoms with E-state index in [9.17, 15) is 13.6 Å². The number of nitrogens with zero attached hydrogens (tertiary/aromatic N) is 1. The molecule has 0 N–H and O–H groups in total. The minimum absolute atomic E-state index is 0.0744. The number of likely N-dealkylation sites (tertiary alicyclic amines) is 1. The van der Waals surface area contributed by atoms with Gasteiger partial charge in [-0.05, 0) is 52.3 Å². The summed E-state index contributed by atoms with van der Waals surface area (Å²) in [7, 11) is 0. The van der Waals surface area contributed by atoms with E-state index in [1.165, 1.54) is 12.1 Å². The van der Waals surface area contributed by atoms with Crippen molar-refractivity contribution in [3.8, 4) is 0 Å². The number of rotatable bonds is 9. The van der Waals surface area contributed by atoms with Crippen LogP contribution in [0.1, 0.15) is 52.0 Å². The summed E-state index contributed by atoms with van der Waals surface area (Å²) < 4.78 is 50.3. The van der Waals surface area contributed by atoms with Gasteiger partial charge in [-0.2, -0.15) is 0 Å². The standard InChI is InChI=1S/C21H31F2NO5/c1-6-27-19(28-7-2)18-16(22)8-14(9-17(18)23)12-26-13-15-10-24(11-15)20(25)29-21(3,4)5/h8-9,15,19H,6-7,10-13H2,1-5H3. The molecule has 1 amide bonds. The van der Waals surface area contributed by atoms with Crippen LogP contribution in [0, 0.1) is 17.6 Å². The van der Waals surface area contributed by atoms with Gasteiger partial charge in [0, 0.05) is 32.2 Å². The van der Waals surface area contributed by atoms with Crippen LogP contribution in [-0.4, -0.2) is 49.5 Å². The van der Waals surface area contributed by atoms with Crippen molar-refractivity contribution in [1.29, 1.82) is 0 Å². The molecule has 0 saturated carbocycles. The smallest absolute Gasteiger partial charge is 0.410 e. The maximum absolute atomic E-state index is 14.4. The first kappa shape index (κ1) is 23.5. The second kappa shape index (κ2) is 10.3. The quantitative estimate of drug-likeness (QED) is 0.559. The van der Waals surface area contributed by atoms with E-state index in [0.717, 1.165) is 0 Å². The molecule has 2 rings (SSSR count). The molecule has 8 heteroatoms. The number of hydrogen-bond donors (Lipinski definition) is 0. The molecule has 1 aliphatic rings. The molecular formula is C21H31F2NO5. The lowest BCUT2D eigenvalue weighted by atomic mass is 10.0. The van der Waals surface area contributed by atoms with E-state index >= 15 is 0 Å². The van der Waals surface area contributed by atoms with Crippen LogP contribution < -0.4 is 0 Å². The van der Waals surface area contributed by atoms with Gasteiger partial charge in [0.15, 0.2) is 6.29 Å². The minimum Gasteiger partial charge on any atom is -0.444 e. The van der Waals surface area contributed by atoms with E-state index < -0.39 is 23.5 Å². The normalized spacial score (nSPS) is 15.0. The molecule has 1 aromatic carbocycles. The zero-order valence-corrected chi connectivity index (χ0v) is 17.8. The van der Waals surface area contributed by atoms with Gasteiger partial charge in [0.2, 0.25) is 0 Å². The molecule has 0 bridgehead atoms. The third-order valence-electron chi connectivity index (χ3n) is 4.24. The highest BCUT2D eigenvalue weighted by molar-refractivity contribution is 5.69. The Hall–Kier alpha value is -1.77. The van der Waals surface area contributed by atoms with Gasteiger partial charge in [0.1, 0.15) is 17.2 Å². The summed E-state index contributed by atoms with van der Waals surface area (Å²) >= 11 is 0. The van der Waals surface area contributed by atoms with E-state index in [1.807, 2.05) is 20.8 Å². The number of hydrogen-bond acceptors (Lipinski definition) is 5. The van der Waals surface area contributed by atoms with Crippen molar-refractivity contribution < 1.29 is 32.5 Å². The molecule has 0 unspecified atom stereocenters. The van der Waals surface area contributed by atoms with E-state index in [1.54, 1.807) is 18.7 Å². The Morgan fingerprint density at radius 2 is 1.69 bits per heavy atom. The highest BCUT2D eigenvalue weighted by Gasteiger charge is 2.33. The Morgan fingerprint density at radius 3 is 2.17 bits per heavy atom. The highest BCUT2D eigenvalue weighted by atomic mass is 19.1. The summed E-state index contributed by atoms with van der Waals surface area (Å²) in [4.78, 5) is 13.5. The van der Waals surface area contributed by atoms with Gasteiger partial charge in [0.25, 0.3) is 0 Å². The summed E-state index contributed by atoms with van der Waals surface area (Å²) in [6.07, 6.45) is -1.42. The third kappa shape index (κ3) is 6.90. The molecule has 1 fully saturated rings. The van der Waals surface area contributed by atoms with Crippen molar-refractivity contribution >= 4 is 6.09 Å². The average molecular weight is 415 g/mol. The van der Waals surface area contributed by atoms with E-state index in [2.05, 4.69) is 0 Å².